The minimum atomic E-state index is -0.0584. The summed E-state index contributed by atoms with van der Waals surface area (Å²) in [7, 11) is 0. The molecule has 1 saturated heterocycles. The summed E-state index contributed by atoms with van der Waals surface area (Å²) in [5, 5.41) is 10.6. The molecule has 1 N–H and O–H groups in total. The van der Waals surface area contributed by atoms with Gasteiger partial charge in [-0.3, -0.25) is 9.69 Å². The van der Waals surface area contributed by atoms with Gasteiger partial charge >= 0.3 is 0 Å². The molecule has 1 aromatic heterocycles. The number of phenolic OH excluding ortho intramolecular Hbond substituents is 1. The third-order valence-corrected chi connectivity index (χ3v) is 4.82. The predicted octanol–water partition coefficient (Wildman–Crippen LogP) is 4.78. The molecular formula is C21H22ClNO3. The Balaban J connectivity index is 0.00000196. The van der Waals surface area contributed by atoms with Crippen LogP contribution in [0, 0.1) is 0 Å². The van der Waals surface area contributed by atoms with Gasteiger partial charge in [0.1, 0.15) is 17.1 Å². The molecule has 5 heteroatoms. The molecule has 0 saturated carbocycles. The first kappa shape index (κ1) is 18.5. The number of hydrogen-bond donors (Lipinski definition) is 1. The molecule has 1 aliphatic heterocycles. The minimum absolute atomic E-state index is 0. The molecule has 4 nitrogen and oxygen atoms in total. The van der Waals surface area contributed by atoms with Crippen molar-refractivity contribution in [1.29, 1.82) is 0 Å². The predicted molar refractivity (Wildman–Crippen MR) is 104 cm³/mol. The number of halogens is 1. The molecule has 0 bridgehead atoms. The molecule has 26 heavy (non-hydrogen) atoms. The molecule has 1 aliphatic rings. The fraction of sp³-hybridized carbons (Fsp3) is 0.286. The highest BCUT2D eigenvalue weighted by molar-refractivity contribution is 6.17. The lowest BCUT2D eigenvalue weighted by Crippen LogP contribution is -2.29. The molecule has 0 spiro atoms. The SMILES string of the molecule is Cl.O=C(c1ccccc1)c1c(CN2CCCCC2)oc2ccc(O)cc12. The van der Waals surface area contributed by atoms with Crippen LogP contribution in [-0.4, -0.2) is 28.9 Å². The number of ketones is 1. The van der Waals surface area contributed by atoms with E-state index in [1.807, 2.05) is 30.3 Å². The first-order valence-corrected chi connectivity index (χ1v) is 8.79. The Morgan fingerprint density at radius 1 is 1.04 bits per heavy atom. The molecule has 0 radical (unpaired) electrons. The van der Waals surface area contributed by atoms with Crippen molar-refractivity contribution in [2.75, 3.05) is 13.1 Å². The Morgan fingerprint density at radius 3 is 2.50 bits per heavy atom. The smallest absolute Gasteiger partial charge is 0.197 e. The first-order chi connectivity index (χ1) is 12.2. The third-order valence-electron chi connectivity index (χ3n) is 4.82. The maximum Gasteiger partial charge on any atom is 0.197 e. The average molecular weight is 372 g/mol. The van der Waals surface area contributed by atoms with Crippen molar-refractivity contribution in [1.82, 2.24) is 4.90 Å². The normalized spacial score (nSPS) is 14.9. The van der Waals surface area contributed by atoms with Gasteiger partial charge < -0.3 is 9.52 Å². The minimum Gasteiger partial charge on any atom is -0.508 e. The zero-order chi connectivity index (χ0) is 17.2. The summed E-state index contributed by atoms with van der Waals surface area (Å²) in [4.78, 5) is 15.5. The van der Waals surface area contributed by atoms with Crippen molar-refractivity contribution in [2.45, 2.75) is 25.8 Å². The molecule has 0 unspecified atom stereocenters. The summed E-state index contributed by atoms with van der Waals surface area (Å²) in [5.41, 5.74) is 1.85. The summed E-state index contributed by atoms with van der Waals surface area (Å²) >= 11 is 0. The Kier molecular flexibility index (Phi) is 5.64. The number of hydrogen-bond acceptors (Lipinski definition) is 4. The molecule has 0 aliphatic carbocycles. The van der Waals surface area contributed by atoms with Crippen LogP contribution in [0.1, 0.15) is 40.9 Å². The lowest BCUT2D eigenvalue weighted by atomic mass is 9.99. The highest BCUT2D eigenvalue weighted by Crippen LogP contribution is 2.32. The summed E-state index contributed by atoms with van der Waals surface area (Å²) in [6.45, 7) is 2.69. The van der Waals surface area contributed by atoms with Gasteiger partial charge in [-0.1, -0.05) is 36.8 Å². The summed E-state index contributed by atoms with van der Waals surface area (Å²) in [5.74, 6) is 0.772. The Bertz CT molecular complexity index is 898. The first-order valence-electron chi connectivity index (χ1n) is 8.79. The lowest BCUT2D eigenvalue weighted by molar-refractivity contribution is 0.103. The number of piperidine rings is 1. The topological polar surface area (TPSA) is 53.7 Å². The van der Waals surface area contributed by atoms with Crippen molar-refractivity contribution in [2.24, 2.45) is 0 Å². The number of phenols is 1. The Hall–Kier alpha value is -2.30. The van der Waals surface area contributed by atoms with Crippen LogP contribution in [0.3, 0.4) is 0 Å². The highest BCUT2D eigenvalue weighted by Gasteiger charge is 2.24. The van der Waals surface area contributed by atoms with Crippen LogP contribution >= 0.6 is 12.4 Å². The van der Waals surface area contributed by atoms with E-state index in [0.717, 1.165) is 13.1 Å². The third kappa shape index (κ3) is 3.62. The largest absolute Gasteiger partial charge is 0.508 e. The van der Waals surface area contributed by atoms with Crippen LogP contribution in [0.5, 0.6) is 5.75 Å². The fourth-order valence-electron chi connectivity index (χ4n) is 3.55. The lowest BCUT2D eigenvalue weighted by Gasteiger charge is -2.25. The van der Waals surface area contributed by atoms with Crippen LogP contribution in [0.15, 0.2) is 52.9 Å². The quantitative estimate of drug-likeness (QED) is 0.671. The maximum atomic E-state index is 13.1. The monoisotopic (exact) mass is 371 g/mol. The van der Waals surface area contributed by atoms with Gasteiger partial charge in [-0.15, -0.1) is 12.4 Å². The second-order valence-corrected chi connectivity index (χ2v) is 6.61. The van der Waals surface area contributed by atoms with E-state index in [1.54, 1.807) is 18.2 Å². The van der Waals surface area contributed by atoms with E-state index in [4.69, 9.17) is 4.42 Å². The molecular weight excluding hydrogens is 350 g/mol. The maximum absolute atomic E-state index is 13.1. The van der Waals surface area contributed by atoms with E-state index in [1.165, 1.54) is 19.3 Å². The standard InChI is InChI=1S/C21H21NO3.ClH/c23-16-9-10-18-17(13-16)20(21(24)15-7-3-1-4-8-15)19(25-18)14-22-11-5-2-6-12-22;/h1,3-4,7-10,13,23H,2,5-6,11-12,14H2;1H. The molecule has 1 fully saturated rings. The summed E-state index contributed by atoms with van der Waals surface area (Å²) < 4.78 is 6.03. The van der Waals surface area contributed by atoms with Gasteiger partial charge in [-0.25, -0.2) is 0 Å². The molecule has 4 rings (SSSR count). The van der Waals surface area contributed by atoms with Crippen molar-refractivity contribution < 1.29 is 14.3 Å². The number of likely N-dealkylation sites (tertiary alicyclic amines) is 1. The second-order valence-electron chi connectivity index (χ2n) is 6.61. The van der Waals surface area contributed by atoms with Gasteiger partial charge in [-0.05, 0) is 44.1 Å². The van der Waals surface area contributed by atoms with E-state index < -0.39 is 0 Å². The summed E-state index contributed by atoms with van der Waals surface area (Å²) in [6, 6.07) is 14.2. The van der Waals surface area contributed by atoms with Crippen LogP contribution in [0.4, 0.5) is 0 Å². The molecule has 2 aromatic carbocycles. The molecule has 0 atom stereocenters. The fourth-order valence-corrected chi connectivity index (χ4v) is 3.55. The molecule has 0 amide bonds. The number of rotatable bonds is 4. The van der Waals surface area contributed by atoms with Crippen molar-refractivity contribution in [3.8, 4) is 5.75 Å². The molecule has 136 valence electrons. The second kappa shape index (κ2) is 7.94. The van der Waals surface area contributed by atoms with Gasteiger partial charge in [0.2, 0.25) is 0 Å². The number of benzene rings is 2. The number of nitrogens with zero attached hydrogens (tertiary/aromatic N) is 1. The summed E-state index contributed by atoms with van der Waals surface area (Å²) in [6.07, 6.45) is 3.63. The Labute approximate surface area is 158 Å². The number of carbonyl (C=O) groups is 1. The van der Waals surface area contributed by atoms with Crippen molar-refractivity contribution in [3.63, 3.8) is 0 Å². The van der Waals surface area contributed by atoms with E-state index in [-0.39, 0.29) is 23.9 Å². The molecule has 2 heterocycles. The number of furan rings is 1. The van der Waals surface area contributed by atoms with Crippen molar-refractivity contribution in [3.05, 3.63) is 65.4 Å². The van der Waals surface area contributed by atoms with Gasteiger partial charge in [0, 0.05) is 10.9 Å². The molecule has 3 aromatic rings. The van der Waals surface area contributed by atoms with E-state index in [2.05, 4.69) is 4.90 Å². The van der Waals surface area contributed by atoms with E-state index >= 15 is 0 Å². The number of fused-ring (bicyclic) bond motifs is 1. The zero-order valence-corrected chi connectivity index (χ0v) is 15.3. The van der Waals surface area contributed by atoms with Gasteiger partial charge in [-0.2, -0.15) is 0 Å². The number of aromatic hydroxyl groups is 1. The van der Waals surface area contributed by atoms with Gasteiger partial charge in [0.05, 0.1) is 12.1 Å². The van der Waals surface area contributed by atoms with Gasteiger partial charge in [0.15, 0.2) is 5.78 Å². The van der Waals surface area contributed by atoms with Crippen LogP contribution < -0.4 is 0 Å². The van der Waals surface area contributed by atoms with E-state index in [9.17, 15) is 9.90 Å². The zero-order valence-electron chi connectivity index (χ0n) is 14.5. The Morgan fingerprint density at radius 2 is 1.77 bits per heavy atom. The van der Waals surface area contributed by atoms with E-state index in [0.29, 0.717) is 34.4 Å². The van der Waals surface area contributed by atoms with Crippen molar-refractivity contribution >= 4 is 29.2 Å². The van der Waals surface area contributed by atoms with Crippen LogP contribution in [0.25, 0.3) is 11.0 Å². The van der Waals surface area contributed by atoms with Crippen LogP contribution in [0.2, 0.25) is 0 Å². The van der Waals surface area contributed by atoms with Gasteiger partial charge in [0.25, 0.3) is 0 Å². The average Bonchev–Trinajstić information content (AvgIpc) is 2.99. The number of carbonyl (C=O) groups excluding carboxylic acids is 1. The van der Waals surface area contributed by atoms with Crippen LogP contribution in [-0.2, 0) is 6.54 Å². The highest BCUT2D eigenvalue weighted by atomic mass is 35.5.